The molecule has 1 heterocycles. The fraction of sp³-hybridized carbons (Fsp3) is 0.700. The van der Waals surface area contributed by atoms with E-state index in [1.165, 1.54) is 0 Å². The van der Waals surface area contributed by atoms with E-state index in [2.05, 4.69) is 18.8 Å². The van der Waals surface area contributed by atoms with E-state index in [9.17, 15) is 14.7 Å². The van der Waals surface area contributed by atoms with Crippen molar-refractivity contribution in [2.24, 2.45) is 11.8 Å². The topological polar surface area (TPSA) is 63.6 Å². The first-order valence-electron chi connectivity index (χ1n) is 9.16. The van der Waals surface area contributed by atoms with Crippen molar-refractivity contribution in [3.63, 3.8) is 0 Å². The molecule has 0 aromatic carbocycles. The maximum absolute atomic E-state index is 12.1. The van der Waals surface area contributed by atoms with Gasteiger partial charge in [-0.2, -0.15) is 0 Å². The molecule has 4 heteroatoms. The van der Waals surface area contributed by atoms with Gasteiger partial charge in [0.2, 0.25) is 0 Å². The van der Waals surface area contributed by atoms with Gasteiger partial charge in [-0.15, -0.1) is 11.8 Å². The van der Waals surface area contributed by atoms with Crippen molar-refractivity contribution < 1.29 is 19.4 Å². The molecule has 0 saturated heterocycles. The smallest absolute Gasteiger partial charge is 0.306 e. The standard InChI is InChI=1S/C20H28O4/c1-2-3-6-9-15-12-13-17-16(18(21)14-19(17)22)10-7-4-5-8-11-20(23)24-15/h12-13,15-17,19,22H,2-3,5-6,8-11,14H2,1H3/b13-12+/t15-,16+,17+,19+/m0/s1. The largest absolute Gasteiger partial charge is 0.458 e. The molecule has 2 rings (SSSR count). The van der Waals surface area contributed by atoms with Crippen LogP contribution in [0.25, 0.3) is 0 Å². The number of ketones is 1. The van der Waals surface area contributed by atoms with E-state index in [-0.39, 0.29) is 36.1 Å². The van der Waals surface area contributed by atoms with Crippen LogP contribution in [0.4, 0.5) is 0 Å². The molecule has 24 heavy (non-hydrogen) atoms. The van der Waals surface area contributed by atoms with Gasteiger partial charge < -0.3 is 9.84 Å². The number of carbonyl (C=O) groups is 2. The van der Waals surface area contributed by atoms with Crippen LogP contribution in [0.3, 0.4) is 0 Å². The molecule has 0 spiro atoms. The van der Waals surface area contributed by atoms with E-state index in [1.54, 1.807) is 0 Å². The van der Waals surface area contributed by atoms with E-state index >= 15 is 0 Å². The maximum Gasteiger partial charge on any atom is 0.306 e. The van der Waals surface area contributed by atoms with Crippen molar-refractivity contribution in [1.82, 2.24) is 0 Å². The minimum Gasteiger partial charge on any atom is -0.458 e. The molecule has 1 aliphatic heterocycles. The van der Waals surface area contributed by atoms with Crippen molar-refractivity contribution in [1.29, 1.82) is 0 Å². The fourth-order valence-electron chi connectivity index (χ4n) is 3.35. The van der Waals surface area contributed by atoms with Crippen molar-refractivity contribution in [2.45, 2.75) is 76.9 Å². The number of hydrogen-bond acceptors (Lipinski definition) is 4. The second-order valence-electron chi connectivity index (χ2n) is 6.74. The summed E-state index contributed by atoms with van der Waals surface area (Å²) in [6, 6.07) is 0. The molecule has 0 unspecified atom stereocenters. The number of esters is 1. The highest BCUT2D eigenvalue weighted by atomic mass is 16.5. The molecule has 0 radical (unpaired) electrons. The zero-order valence-corrected chi connectivity index (χ0v) is 14.5. The number of aliphatic hydroxyl groups is 1. The number of unbranched alkanes of at least 4 members (excludes halogenated alkanes) is 2. The Morgan fingerprint density at radius 2 is 2.08 bits per heavy atom. The van der Waals surface area contributed by atoms with E-state index in [1.807, 2.05) is 12.2 Å². The van der Waals surface area contributed by atoms with Crippen LogP contribution in [0.1, 0.15) is 64.7 Å². The van der Waals surface area contributed by atoms with Gasteiger partial charge in [-0.3, -0.25) is 9.59 Å². The minimum atomic E-state index is -0.655. The van der Waals surface area contributed by atoms with Crippen LogP contribution in [-0.2, 0) is 14.3 Å². The molecule has 1 fully saturated rings. The van der Waals surface area contributed by atoms with Crippen LogP contribution in [0.15, 0.2) is 12.2 Å². The summed E-state index contributed by atoms with van der Waals surface area (Å²) in [7, 11) is 0. The molecule has 4 nitrogen and oxygen atoms in total. The van der Waals surface area contributed by atoms with Gasteiger partial charge in [0.05, 0.1) is 6.10 Å². The van der Waals surface area contributed by atoms with Crippen LogP contribution in [0.2, 0.25) is 0 Å². The average molecular weight is 332 g/mol. The van der Waals surface area contributed by atoms with Gasteiger partial charge in [-0.1, -0.05) is 25.8 Å². The molecular formula is C20H28O4. The van der Waals surface area contributed by atoms with Gasteiger partial charge in [0.1, 0.15) is 11.9 Å². The fourth-order valence-corrected chi connectivity index (χ4v) is 3.35. The third-order valence-corrected chi connectivity index (χ3v) is 4.79. The summed E-state index contributed by atoms with van der Waals surface area (Å²) in [5.41, 5.74) is 0. The number of aliphatic hydroxyl groups excluding tert-OH is 1. The van der Waals surface area contributed by atoms with Crippen LogP contribution < -0.4 is 0 Å². The van der Waals surface area contributed by atoms with Crippen LogP contribution in [-0.4, -0.2) is 29.1 Å². The lowest BCUT2D eigenvalue weighted by Crippen LogP contribution is -2.20. The van der Waals surface area contributed by atoms with E-state index in [0.717, 1.165) is 25.7 Å². The summed E-state index contributed by atoms with van der Waals surface area (Å²) in [5.74, 6) is 5.51. The number of carbonyl (C=O) groups excluding carboxylic acids is 2. The van der Waals surface area contributed by atoms with Crippen LogP contribution >= 0.6 is 0 Å². The highest BCUT2D eigenvalue weighted by molar-refractivity contribution is 5.85. The average Bonchev–Trinajstić information content (AvgIpc) is 2.81. The van der Waals surface area contributed by atoms with Crippen molar-refractivity contribution in [2.75, 3.05) is 0 Å². The Balaban J connectivity index is 2.13. The highest BCUT2D eigenvalue weighted by Crippen LogP contribution is 2.33. The zero-order chi connectivity index (χ0) is 17.4. The minimum absolute atomic E-state index is 0.0841. The number of Topliss-reactive ketones (excluding diaryl/α,β-unsaturated/α-hetero) is 1. The molecule has 2 aliphatic rings. The number of ether oxygens (including phenoxy) is 1. The predicted molar refractivity (Wildman–Crippen MR) is 92.0 cm³/mol. The normalized spacial score (nSPS) is 32.4. The van der Waals surface area contributed by atoms with E-state index < -0.39 is 6.10 Å². The third-order valence-electron chi connectivity index (χ3n) is 4.79. The molecule has 0 bridgehead atoms. The van der Waals surface area contributed by atoms with E-state index in [4.69, 9.17) is 4.74 Å². The molecule has 4 atom stereocenters. The summed E-state index contributed by atoms with van der Waals surface area (Å²) in [6.07, 6.45) is 9.20. The Morgan fingerprint density at radius 1 is 1.25 bits per heavy atom. The summed E-state index contributed by atoms with van der Waals surface area (Å²) < 4.78 is 5.58. The van der Waals surface area contributed by atoms with Gasteiger partial charge in [-0.05, 0) is 25.3 Å². The Hall–Kier alpha value is -1.60. The molecule has 0 aromatic rings. The first-order valence-corrected chi connectivity index (χ1v) is 9.16. The Kier molecular flexibility index (Phi) is 7.52. The SMILES string of the molecule is CCCCC[C@H]1/C=C/[C@H]2[C@H](O)CC(=O)[C@@H]2CC#CCCCC(=O)O1. The molecule has 1 N–H and O–H groups in total. The molecule has 0 aromatic heterocycles. The van der Waals surface area contributed by atoms with Gasteiger partial charge in [0.15, 0.2) is 0 Å². The van der Waals surface area contributed by atoms with Crippen molar-refractivity contribution in [3.8, 4) is 11.8 Å². The summed E-state index contributed by atoms with van der Waals surface area (Å²) in [5, 5.41) is 10.2. The zero-order valence-electron chi connectivity index (χ0n) is 14.5. The first kappa shape index (κ1) is 18.7. The van der Waals surface area contributed by atoms with Gasteiger partial charge in [0, 0.05) is 37.5 Å². The molecular weight excluding hydrogens is 304 g/mol. The number of fused-ring (bicyclic) bond motifs is 1. The molecule has 0 amide bonds. The first-order chi connectivity index (χ1) is 11.6. The van der Waals surface area contributed by atoms with E-state index in [0.29, 0.717) is 25.7 Å². The summed E-state index contributed by atoms with van der Waals surface area (Å²) >= 11 is 0. The molecule has 1 aliphatic carbocycles. The van der Waals surface area contributed by atoms with Gasteiger partial charge in [-0.25, -0.2) is 0 Å². The number of rotatable bonds is 4. The predicted octanol–water partition coefficient (Wildman–Crippen LogP) is 3.18. The molecule has 1 saturated carbocycles. The number of cyclic esters (lactones) is 1. The molecule has 132 valence electrons. The quantitative estimate of drug-likeness (QED) is 0.372. The Bertz CT molecular complexity index is 525. The Labute approximate surface area is 144 Å². The Morgan fingerprint density at radius 3 is 2.88 bits per heavy atom. The summed E-state index contributed by atoms with van der Waals surface area (Å²) in [4.78, 5) is 24.1. The van der Waals surface area contributed by atoms with Crippen molar-refractivity contribution in [3.05, 3.63) is 12.2 Å². The number of hydrogen-bond donors (Lipinski definition) is 1. The van der Waals surface area contributed by atoms with Crippen molar-refractivity contribution >= 4 is 11.8 Å². The maximum atomic E-state index is 12.1. The lowest BCUT2D eigenvalue weighted by atomic mass is 9.90. The third kappa shape index (κ3) is 5.49. The lowest BCUT2D eigenvalue weighted by molar-refractivity contribution is -0.147. The second-order valence-corrected chi connectivity index (χ2v) is 6.74. The van der Waals surface area contributed by atoms with Gasteiger partial charge in [0.25, 0.3) is 0 Å². The summed E-state index contributed by atoms with van der Waals surface area (Å²) in [6.45, 7) is 2.14. The van der Waals surface area contributed by atoms with Gasteiger partial charge >= 0.3 is 5.97 Å². The lowest BCUT2D eigenvalue weighted by Gasteiger charge is -2.18. The van der Waals surface area contributed by atoms with Crippen LogP contribution in [0.5, 0.6) is 0 Å². The second kappa shape index (κ2) is 9.64. The monoisotopic (exact) mass is 332 g/mol. The van der Waals surface area contributed by atoms with Crippen LogP contribution in [0, 0.1) is 23.7 Å². The highest BCUT2D eigenvalue weighted by Gasteiger charge is 2.39.